The Morgan fingerprint density at radius 2 is 2.19 bits per heavy atom. The Kier molecular flexibility index (Phi) is 3.78. The fraction of sp³-hybridized carbons (Fsp3) is 0.500. The SMILES string of the molecule is Cc1cc(CN2CCNC(C)(C)C2)ccc1-n1cncn1. The van der Waals surface area contributed by atoms with E-state index in [0.717, 1.165) is 31.9 Å². The summed E-state index contributed by atoms with van der Waals surface area (Å²) in [5.74, 6) is 0. The maximum absolute atomic E-state index is 4.20. The molecule has 1 aromatic carbocycles. The fourth-order valence-electron chi connectivity index (χ4n) is 3.05. The molecular weight excluding hydrogens is 262 g/mol. The van der Waals surface area contributed by atoms with Gasteiger partial charge in [0.15, 0.2) is 0 Å². The minimum atomic E-state index is 0.202. The summed E-state index contributed by atoms with van der Waals surface area (Å²) < 4.78 is 1.81. The van der Waals surface area contributed by atoms with E-state index < -0.39 is 0 Å². The van der Waals surface area contributed by atoms with Gasteiger partial charge in [-0.2, -0.15) is 5.10 Å². The summed E-state index contributed by atoms with van der Waals surface area (Å²) in [6.45, 7) is 10.9. The number of piperazine rings is 1. The van der Waals surface area contributed by atoms with Gasteiger partial charge in [0, 0.05) is 31.7 Å². The van der Waals surface area contributed by atoms with Crippen molar-refractivity contribution in [3.05, 3.63) is 42.0 Å². The molecule has 1 aliphatic rings. The van der Waals surface area contributed by atoms with Crippen LogP contribution >= 0.6 is 0 Å². The molecule has 0 spiro atoms. The summed E-state index contributed by atoms with van der Waals surface area (Å²) >= 11 is 0. The number of aromatic nitrogens is 3. The van der Waals surface area contributed by atoms with Crippen molar-refractivity contribution >= 4 is 0 Å². The predicted molar refractivity (Wildman–Crippen MR) is 83.5 cm³/mol. The summed E-state index contributed by atoms with van der Waals surface area (Å²) in [6, 6.07) is 6.58. The van der Waals surface area contributed by atoms with Crippen LogP contribution < -0.4 is 5.32 Å². The third kappa shape index (κ3) is 3.31. The molecule has 1 aliphatic heterocycles. The first-order valence-electron chi connectivity index (χ1n) is 7.45. The number of nitrogens with zero attached hydrogens (tertiary/aromatic N) is 4. The third-order valence-corrected chi connectivity index (χ3v) is 3.98. The number of hydrogen-bond acceptors (Lipinski definition) is 4. The quantitative estimate of drug-likeness (QED) is 0.933. The highest BCUT2D eigenvalue weighted by Gasteiger charge is 2.25. The summed E-state index contributed by atoms with van der Waals surface area (Å²) in [5.41, 5.74) is 3.88. The van der Waals surface area contributed by atoms with Gasteiger partial charge < -0.3 is 5.32 Å². The maximum Gasteiger partial charge on any atom is 0.138 e. The lowest BCUT2D eigenvalue weighted by molar-refractivity contribution is 0.148. The number of nitrogens with one attached hydrogen (secondary N) is 1. The highest BCUT2D eigenvalue weighted by Crippen LogP contribution is 2.18. The van der Waals surface area contributed by atoms with Crippen molar-refractivity contribution in [2.45, 2.75) is 32.9 Å². The van der Waals surface area contributed by atoms with E-state index in [0.29, 0.717) is 0 Å². The first-order valence-corrected chi connectivity index (χ1v) is 7.45. The number of hydrogen-bond donors (Lipinski definition) is 1. The Bertz CT molecular complexity index is 603. The lowest BCUT2D eigenvalue weighted by Crippen LogP contribution is -2.56. The Labute approximate surface area is 126 Å². The molecule has 0 saturated carbocycles. The van der Waals surface area contributed by atoms with Gasteiger partial charge in [0.25, 0.3) is 0 Å². The van der Waals surface area contributed by atoms with Crippen molar-refractivity contribution in [2.24, 2.45) is 0 Å². The monoisotopic (exact) mass is 285 g/mol. The molecule has 2 aromatic rings. The largest absolute Gasteiger partial charge is 0.309 e. The van der Waals surface area contributed by atoms with Crippen molar-refractivity contribution in [3.63, 3.8) is 0 Å². The molecule has 0 unspecified atom stereocenters. The molecule has 0 amide bonds. The first kappa shape index (κ1) is 14.2. The molecule has 5 heteroatoms. The Hall–Kier alpha value is -1.72. The van der Waals surface area contributed by atoms with Gasteiger partial charge in [-0.25, -0.2) is 9.67 Å². The van der Waals surface area contributed by atoms with E-state index >= 15 is 0 Å². The molecule has 0 atom stereocenters. The van der Waals surface area contributed by atoms with Crippen molar-refractivity contribution in [1.29, 1.82) is 0 Å². The predicted octanol–water partition coefficient (Wildman–Crippen LogP) is 1.76. The Morgan fingerprint density at radius 1 is 1.33 bits per heavy atom. The van der Waals surface area contributed by atoms with Crippen LogP contribution in [0.15, 0.2) is 30.9 Å². The average Bonchev–Trinajstić information content (AvgIpc) is 2.91. The highest BCUT2D eigenvalue weighted by molar-refractivity contribution is 5.41. The second-order valence-corrected chi connectivity index (χ2v) is 6.48. The lowest BCUT2D eigenvalue weighted by Gasteiger charge is -2.39. The molecule has 2 heterocycles. The standard InChI is InChI=1S/C16H23N5/c1-13-8-14(4-5-15(13)21-12-17-11-19-21)9-20-7-6-18-16(2,3)10-20/h4-5,8,11-12,18H,6-7,9-10H2,1-3H3. The van der Waals surface area contributed by atoms with E-state index in [-0.39, 0.29) is 5.54 Å². The fourth-order valence-corrected chi connectivity index (χ4v) is 3.05. The summed E-state index contributed by atoms with van der Waals surface area (Å²) in [4.78, 5) is 6.52. The van der Waals surface area contributed by atoms with Gasteiger partial charge in [0.2, 0.25) is 0 Å². The van der Waals surface area contributed by atoms with E-state index in [9.17, 15) is 0 Å². The molecule has 5 nitrogen and oxygen atoms in total. The van der Waals surface area contributed by atoms with Crippen molar-refractivity contribution < 1.29 is 0 Å². The number of rotatable bonds is 3. The van der Waals surface area contributed by atoms with E-state index in [1.165, 1.54) is 11.1 Å². The van der Waals surface area contributed by atoms with Gasteiger partial charge in [-0.05, 0) is 38.0 Å². The molecule has 1 fully saturated rings. The van der Waals surface area contributed by atoms with Crippen LogP contribution in [0.2, 0.25) is 0 Å². The molecule has 1 N–H and O–H groups in total. The Morgan fingerprint density at radius 3 is 2.86 bits per heavy atom. The van der Waals surface area contributed by atoms with Crippen LogP contribution in [0.4, 0.5) is 0 Å². The zero-order valence-corrected chi connectivity index (χ0v) is 13.0. The zero-order valence-electron chi connectivity index (χ0n) is 13.0. The average molecular weight is 285 g/mol. The molecule has 3 rings (SSSR count). The van der Waals surface area contributed by atoms with Crippen LogP contribution in [0, 0.1) is 6.92 Å². The summed E-state index contributed by atoms with van der Waals surface area (Å²) in [7, 11) is 0. The molecular formula is C16H23N5. The minimum absolute atomic E-state index is 0.202. The zero-order chi connectivity index (χ0) is 14.9. The second kappa shape index (κ2) is 5.58. The maximum atomic E-state index is 4.20. The van der Waals surface area contributed by atoms with Crippen LogP contribution in [0.25, 0.3) is 5.69 Å². The molecule has 112 valence electrons. The van der Waals surface area contributed by atoms with E-state index in [1.54, 1.807) is 12.7 Å². The van der Waals surface area contributed by atoms with Crippen molar-refractivity contribution in [3.8, 4) is 5.69 Å². The smallest absolute Gasteiger partial charge is 0.138 e. The van der Waals surface area contributed by atoms with Gasteiger partial charge >= 0.3 is 0 Å². The van der Waals surface area contributed by atoms with Gasteiger partial charge in [-0.1, -0.05) is 12.1 Å². The van der Waals surface area contributed by atoms with Crippen LogP contribution in [-0.2, 0) is 6.54 Å². The third-order valence-electron chi connectivity index (χ3n) is 3.98. The van der Waals surface area contributed by atoms with Gasteiger partial charge in [-0.15, -0.1) is 0 Å². The molecule has 1 aromatic heterocycles. The minimum Gasteiger partial charge on any atom is -0.309 e. The molecule has 0 radical (unpaired) electrons. The normalized spacial score (nSPS) is 18.8. The van der Waals surface area contributed by atoms with Crippen molar-refractivity contribution in [2.75, 3.05) is 19.6 Å². The number of benzene rings is 1. The molecule has 0 aliphatic carbocycles. The van der Waals surface area contributed by atoms with Crippen LogP contribution in [0.5, 0.6) is 0 Å². The molecule has 0 bridgehead atoms. The topological polar surface area (TPSA) is 46.0 Å². The van der Waals surface area contributed by atoms with E-state index in [2.05, 4.69) is 59.3 Å². The van der Waals surface area contributed by atoms with Gasteiger partial charge in [0.05, 0.1) is 5.69 Å². The second-order valence-electron chi connectivity index (χ2n) is 6.48. The van der Waals surface area contributed by atoms with Crippen molar-refractivity contribution in [1.82, 2.24) is 25.0 Å². The van der Waals surface area contributed by atoms with Crippen LogP contribution in [-0.4, -0.2) is 44.8 Å². The highest BCUT2D eigenvalue weighted by atomic mass is 15.3. The molecule has 21 heavy (non-hydrogen) atoms. The first-order chi connectivity index (χ1) is 10.0. The number of aryl methyl sites for hydroxylation is 1. The summed E-state index contributed by atoms with van der Waals surface area (Å²) in [5, 5.41) is 7.75. The van der Waals surface area contributed by atoms with Gasteiger partial charge in [-0.3, -0.25) is 4.90 Å². The molecule has 1 saturated heterocycles. The van der Waals surface area contributed by atoms with E-state index in [4.69, 9.17) is 0 Å². The van der Waals surface area contributed by atoms with Gasteiger partial charge in [0.1, 0.15) is 12.7 Å². The Balaban J connectivity index is 1.74. The van der Waals surface area contributed by atoms with Crippen LogP contribution in [0.3, 0.4) is 0 Å². The lowest BCUT2D eigenvalue weighted by atomic mass is 10.0. The van der Waals surface area contributed by atoms with E-state index in [1.807, 2.05) is 4.68 Å². The summed E-state index contributed by atoms with van der Waals surface area (Å²) in [6.07, 6.45) is 3.30. The van der Waals surface area contributed by atoms with Crippen LogP contribution in [0.1, 0.15) is 25.0 Å².